The van der Waals surface area contributed by atoms with E-state index in [1.165, 1.54) is 5.57 Å². The zero-order valence-corrected chi connectivity index (χ0v) is 10.2. The van der Waals surface area contributed by atoms with Crippen LogP contribution in [-0.4, -0.2) is 24.5 Å². The van der Waals surface area contributed by atoms with Crippen molar-refractivity contribution in [1.29, 1.82) is 0 Å². The lowest BCUT2D eigenvalue weighted by molar-refractivity contribution is -0.119. The predicted molar refractivity (Wildman–Crippen MR) is 62.7 cm³/mol. The highest BCUT2D eigenvalue weighted by atomic mass is 16.1. The van der Waals surface area contributed by atoms with Crippen LogP contribution in [0, 0.1) is 0 Å². The summed E-state index contributed by atoms with van der Waals surface area (Å²) in [6, 6.07) is 0. The molecule has 3 heteroatoms. The van der Waals surface area contributed by atoms with Gasteiger partial charge in [-0.2, -0.15) is 0 Å². The van der Waals surface area contributed by atoms with E-state index in [1.54, 1.807) is 0 Å². The van der Waals surface area contributed by atoms with E-state index in [-0.39, 0.29) is 11.4 Å². The van der Waals surface area contributed by atoms with Crippen molar-refractivity contribution in [2.45, 2.75) is 46.1 Å². The Bertz CT molecular complexity index is 273. The Morgan fingerprint density at radius 3 is 2.47 bits per heavy atom. The molecule has 0 unspecified atom stereocenters. The van der Waals surface area contributed by atoms with Gasteiger partial charge in [0.05, 0.1) is 0 Å². The van der Waals surface area contributed by atoms with Gasteiger partial charge in [0.15, 0.2) is 0 Å². The first-order valence-electron chi connectivity index (χ1n) is 5.68. The monoisotopic (exact) mass is 210 g/mol. The minimum atomic E-state index is -0.0924. The number of nitrogens with one attached hydrogen (secondary N) is 2. The molecule has 0 aliphatic carbocycles. The lowest BCUT2D eigenvalue weighted by atomic mass is 9.97. The number of hydrogen-bond donors (Lipinski definition) is 2. The van der Waals surface area contributed by atoms with Crippen LogP contribution in [0.25, 0.3) is 0 Å². The van der Waals surface area contributed by atoms with Gasteiger partial charge in [-0.25, -0.2) is 0 Å². The molecular formula is C12H22N2O. The molecule has 0 spiro atoms. The maximum Gasteiger partial charge on any atom is 0.247 e. The van der Waals surface area contributed by atoms with Crippen LogP contribution >= 0.6 is 0 Å². The second-order valence-corrected chi connectivity index (χ2v) is 4.92. The highest BCUT2D eigenvalue weighted by Crippen LogP contribution is 2.14. The summed E-state index contributed by atoms with van der Waals surface area (Å²) in [7, 11) is 0. The SMILES string of the molecule is CCCC(C)(C)NC(=O)C(C)=C1CNC1. The van der Waals surface area contributed by atoms with E-state index >= 15 is 0 Å². The lowest BCUT2D eigenvalue weighted by Crippen LogP contribution is -2.45. The van der Waals surface area contributed by atoms with Crippen LogP contribution in [0.15, 0.2) is 11.1 Å². The van der Waals surface area contributed by atoms with Crippen molar-refractivity contribution in [2.24, 2.45) is 0 Å². The Labute approximate surface area is 92.3 Å². The van der Waals surface area contributed by atoms with Crippen molar-refractivity contribution in [3.05, 3.63) is 11.1 Å². The van der Waals surface area contributed by atoms with E-state index in [9.17, 15) is 4.79 Å². The molecule has 0 aromatic carbocycles. The van der Waals surface area contributed by atoms with E-state index < -0.39 is 0 Å². The molecule has 0 atom stereocenters. The zero-order chi connectivity index (χ0) is 11.5. The van der Waals surface area contributed by atoms with Crippen molar-refractivity contribution in [2.75, 3.05) is 13.1 Å². The fourth-order valence-corrected chi connectivity index (χ4v) is 1.76. The Kier molecular flexibility index (Phi) is 3.91. The molecule has 15 heavy (non-hydrogen) atoms. The van der Waals surface area contributed by atoms with Gasteiger partial charge in [0.25, 0.3) is 0 Å². The Hall–Kier alpha value is -0.830. The van der Waals surface area contributed by atoms with Crippen LogP contribution in [0.2, 0.25) is 0 Å². The van der Waals surface area contributed by atoms with Crippen molar-refractivity contribution in [3.8, 4) is 0 Å². The van der Waals surface area contributed by atoms with Crippen LogP contribution in [-0.2, 0) is 4.79 Å². The molecule has 1 amide bonds. The van der Waals surface area contributed by atoms with Crippen LogP contribution < -0.4 is 10.6 Å². The zero-order valence-electron chi connectivity index (χ0n) is 10.2. The summed E-state index contributed by atoms with van der Waals surface area (Å²) in [6.07, 6.45) is 2.10. The highest BCUT2D eigenvalue weighted by Gasteiger charge is 2.22. The molecule has 0 radical (unpaired) electrons. The maximum atomic E-state index is 11.9. The highest BCUT2D eigenvalue weighted by molar-refractivity contribution is 5.94. The van der Waals surface area contributed by atoms with Crippen LogP contribution in [0.4, 0.5) is 0 Å². The average Bonchev–Trinajstić information content (AvgIpc) is 1.99. The molecule has 2 N–H and O–H groups in total. The van der Waals surface area contributed by atoms with Gasteiger partial charge in [-0.15, -0.1) is 0 Å². The van der Waals surface area contributed by atoms with E-state index in [4.69, 9.17) is 0 Å². The first-order chi connectivity index (χ1) is 6.96. The summed E-state index contributed by atoms with van der Waals surface area (Å²) in [6.45, 7) is 9.93. The third-order valence-electron chi connectivity index (χ3n) is 2.87. The standard InChI is InChI=1S/C12H22N2O/c1-5-6-12(3,4)14-11(15)9(2)10-7-13-8-10/h13H,5-8H2,1-4H3,(H,14,15). The minimum Gasteiger partial charge on any atom is -0.347 e. The fourth-order valence-electron chi connectivity index (χ4n) is 1.76. The summed E-state index contributed by atoms with van der Waals surface area (Å²) in [4.78, 5) is 11.9. The van der Waals surface area contributed by atoms with E-state index in [0.717, 1.165) is 31.5 Å². The van der Waals surface area contributed by atoms with E-state index in [0.29, 0.717) is 0 Å². The number of rotatable bonds is 4. The Balaban J connectivity index is 2.55. The number of amides is 1. The molecule has 0 aromatic rings. The maximum absolute atomic E-state index is 11.9. The van der Waals surface area contributed by atoms with Crippen molar-refractivity contribution in [1.82, 2.24) is 10.6 Å². The second kappa shape index (κ2) is 4.79. The first kappa shape index (κ1) is 12.2. The predicted octanol–water partition coefficient (Wildman–Crippen LogP) is 1.60. The smallest absolute Gasteiger partial charge is 0.247 e. The Morgan fingerprint density at radius 2 is 2.07 bits per heavy atom. The van der Waals surface area contributed by atoms with Crippen molar-refractivity contribution < 1.29 is 4.79 Å². The molecule has 0 aromatic heterocycles. The van der Waals surface area contributed by atoms with Gasteiger partial charge in [0, 0.05) is 24.2 Å². The third kappa shape index (κ3) is 3.34. The number of carbonyl (C=O) groups excluding carboxylic acids is 1. The first-order valence-corrected chi connectivity index (χ1v) is 5.68. The normalized spacial score (nSPS) is 15.9. The van der Waals surface area contributed by atoms with Gasteiger partial charge >= 0.3 is 0 Å². The molecule has 1 fully saturated rings. The minimum absolute atomic E-state index is 0.0879. The Morgan fingerprint density at radius 1 is 1.47 bits per heavy atom. The summed E-state index contributed by atoms with van der Waals surface area (Å²) >= 11 is 0. The van der Waals surface area contributed by atoms with Gasteiger partial charge in [-0.05, 0) is 32.8 Å². The van der Waals surface area contributed by atoms with Gasteiger partial charge < -0.3 is 10.6 Å². The van der Waals surface area contributed by atoms with Crippen molar-refractivity contribution in [3.63, 3.8) is 0 Å². The number of carbonyl (C=O) groups is 1. The second-order valence-electron chi connectivity index (χ2n) is 4.92. The van der Waals surface area contributed by atoms with Crippen LogP contribution in [0.1, 0.15) is 40.5 Å². The number of hydrogen-bond acceptors (Lipinski definition) is 2. The quantitative estimate of drug-likeness (QED) is 0.692. The molecule has 1 aliphatic heterocycles. The summed E-state index contributed by atoms with van der Waals surface area (Å²) < 4.78 is 0. The summed E-state index contributed by atoms with van der Waals surface area (Å²) in [5.74, 6) is 0.0879. The van der Waals surface area contributed by atoms with E-state index in [1.807, 2.05) is 6.92 Å². The lowest BCUT2D eigenvalue weighted by Gasteiger charge is -2.28. The molecule has 1 saturated heterocycles. The molecule has 0 saturated carbocycles. The third-order valence-corrected chi connectivity index (χ3v) is 2.87. The van der Waals surface area contributed by atoms with Gasteiger partial charge in [0.2, 0.25) is 5.91 Å². The topological polar surface area (TPSA) is 41.1 Å². The molecular weight excluding hydrogens is 188 g/mol. The summed E-state index contributed by atoms with van der Waals surface area (Å²) in [5, 5.41) is 6.23. The fraction of sp³-hybridized carbons (Fsp3) is 0.750. The summed E-state index contributed by atoms with van der Waals surface area (Å²) in [5.41, 5.74) is 2.03. The molecule has 1 aliphatic rings. The van der Waals surface area contributed by atoms with Gasteiger partial charge in [0.1, 0.15) is 0 Å². The largest absolute Gasteiger partial charge is 0.347 e. The van der Waals surface area contributed by atoms with Gasteiger partial charge in [-0.1, -0.05) is 13.3 Å². The van der Waals surface area contributed by atoms with Crippen LogP contribution in [0.3, 0.4) is 0 Å². The van der Waals surface area contributed by atoms with Gasteiger partial charge in [-0.3, -0.25) is 4.79 Å². The van der Waals surface area contributed by atoms with E-state index in [2.05, 4.69) is 31.4 Å². The molecule has 0 bridgehead atoms. The molecule has 3 nitrogen and oxygen atoms in total. The average molecular weight is 210 g/mol. The molecule has 1 heterocycles. The molecule has 1 rings (SSSR count). The van der Waals surface area contributed by atoms with Crippen LogP contribution in [0.5, 0.6) is 0 Å². The van der Waals surface area contributed by atoms with Crippen molar-refractivity contribution >= 4 is 5.91 Å². The molecule has 86 valence electrons.